The van der Waals surface area contributed by atoms with Crippen LogP contribution in [0.4, 0.5) is 0 Å². The molecule has 0 bridgehead atoms. The summed E-state index contributed by atoms with van der Waals surface area (Å²) in [6.45, 7) is 4.48. The number of rotatable bonds is 2. The highest BCUT2D eigenvalue weighted by atomic mass is 16.4. The summed E-state index contributed by atoms with van der Waals surface area (Å²) in [5, 5.41) is 9.01. The molecule has 0 spiro atoms. The summed E-state index contributed by atoms with van der Waals surface area (Å²) in [6.07, 6.45) is 1.36. The molecule has 0 unspecified atom stereocenters. The minimum absolute atomic E-state index is 0.202. The van der Waals surface area contributed by atoms with E-state index < -0.39 is 11.9 Å². The molecule has 2 heterocycles. The van der Waals surface area contributed by atoms with E-state index in [4.69, 9.17) is 9.52 Å². The summed E-state index contributed by atoms with van der Waals surface area (Å²) < 4.78 is 5.39. The third-order valence-electron chi connectivity index (χ3n) is 3.29. The van der Waals surface area contributed by atoms with Crippen LogP contribution >= 0.6 is 0 Å². The van der Waals surface area contributed by atoms with Crippen molar-refractivity contribution in [1.82, 2.24) is 4.90 Å². The third-order valence-corrected chi connectivity index (χ3v) is 3.29. The van der Waals surface area contributed by atoms with Crippen LogP contribution in [0.3, 0.4) is 0 Å². The average Bonchev–Trinajstić information content (AvgIpc) is 2.67. The summed E-state index contributed by atoms with van der Waals surface area (Å²) in [5.74, 6) is -0.466. The van der Waals surface area contributed by atoms with E-state index in [1.807, 2.05) is 13.0 Å². The Hall–Kier alpha value is -1.78. The SMILES string of the molecule is Cc1cc(C)c(C(=O)N2CCC[C@H](C(=O)O)C2)o1. The van der Waals surface area contributed by atoms with Gasteiger partial charge in [-0.05, 0) is 32.8 Å². The molecule has 2 rings (SSSR count). The third kappa shape index (κ3) is 2.39. The fraction of sp³-hybridized carbons (Fsp3) is 0.538. The lowest BCUT2D eigenvalue weighted by atomic mass is 9.98. The number of likely N-dealkylation sites (tertiary alicyclic amines) is 1. The number of aliphatic carboxylic acids is 1. The fourth-order valence-corrected chi connectivity index (χ4v) is 2.36. The van der Waals surface area contributed by atoms with Crippen molar-refractivity contribution in [2.45, 2.75) is 26.7 Å². The molecule has 1 N–H and O–H groups in total. The maximum Gasteiger partial charge on any atom is 0.308 e. The quantitative estimate of drug-likeness (QED) is 0.870. The molecule has 0 aliphatic carbocycles. The molecule has 5 heteroatoms. The Kier molecular flexibility index (Phi) is 3.41. The summed E-state index contributed by atoms with van der Waals surface area (Å²) >= 11 is 0. The highest BCUT2D eigenvalue weighted by Crippen LogP contribution is 2.21. The van der Waals surface area contributed by atoms with Gasteiger partial charge in [-0.25, -0.2) is 0 Å². The predicted octanol–water partition coefficient (Wildman–Crippen LogP) is 1.83. The van der Waals surface area contributed by atoms with Crippen molar-refractivity contribution in [1.29, 1.82) is 0 Å². The van der Waals surface area contributed by atoms with Crippen molar-refractivity contribution >= 4 is 11.9 Å². The van der Waals surface area contributed by atoms with Gasteiger partial charge in [0.05, 0.1) is 5.92 Å². The first-order valence-corrected chi connectivity index (χ1v) is 6.08. The molecule has 1 amide bonds. The van der Waals surface area contributed by atoms with Crippen LogP contribution < -0.4 is 0 Å². The van der Waals surface area contributed by atoms with Crippen molar-refractivity contribution in [3.63, 3.8) is 0 Å². The first kappa shape index (κ1) is 12.7. The number of nitrogens with zero attached hydrogens (tertiary/aromatic N) is 1. The second-order valence-electron chi connectivity index (χ2n) is 4.80. The second-order valence-corrected chi connectivity index (χ2v) is 4.80. The largest absolute Gasteiger partial charge is 0.481 e. The van der Waals surface area contributed by atoms with E-state index >= 15 is 0 Å². The molecule has 1 aromatic heterocycles. The van der Waals surface area contributed by atoms with Gasteiger partial charge in [-0.15, -0.1) is 0 Å². The van der Waals surface area contributed by atoms with Crippen molar-refractivity contribution in [2.24, 2.45) is 5.92 Å². The van der Waals surface area contributed by atoms with Gasteiger partial charge in [0.25, 0.3) is 5.91 Å². The lowest BCUT2D eigenvalue weighted by Gasteiger charge is -2.30. The molecule has 0 saturated carbocycles. The molecule has 5 nitrogen and oxygen atoms in total. The van der Waals surface area contributed by atoms with Crippen LogP contribution in [0.25, 0.3) is 0 Å². The standard InChI is InChI=1S/C13H17NO4/c1-8-6-9(2)18-11(8)12(15)14-5-3-4-10(7-14)13(16)17/h6,10H,3-5,7H2,1-2H3,(H,16,17)/t10-/m0/s1. The van der Waals surface area contributed by atoms with Crippen LogP contribution in [0, 0.1) is 19.8 Å². The lowest BCUT2D eigenvalue weighted by molar-refractivity contribution is -0.143. The molecule has 1 aliphatic heterocycles. The minimum Gasteiger partial charge on any atom is -0.481 e. The molecule has 1 fully saturated rings. The molecule has 1 aliphatic rings. The van der Waals surface area contributed by atoms with E-state index in [-0.39, 0.29) is 12.5 Å². The zero-order valence-corrected chi connectivity index (χ0v) is 10.6. The summed E-state index contributed by atoms with van der Waals surface area (Å²) in [5.41, 5.74) is 0.801. The normalized spacial score (nSPS) is 19.9. The van der Waals surface area contributed by atoms with Gasteiger partial charge in [0.1, 0.15) is 5.76 Å². The number of furan rings is 1. The Labute approximate surface area is 105 Å². The van der Waals surface area contributed by atoms with Crippen molar-refractivity contribution in [3.8, 4) is 0 Å². The van der Waals surface area contributed by atoms with Crippen molar-refractivity contribution in [3.05, 3.63) is 23.2 Å². The summed E-state index contributed by atoms with van der Waals surface area (Å²) in [4.78, 5) is 24.8. The fourth-order valence-electron chi connectivity index (χ4n) is 2.36. The van der Waals surface area contributed by atoms with Gasteiger partial charge in [-0.1, -0.05) is 0 Å². The Morgan fingerprint density at radius 3 is 2.72 bits per heavy atom. The van der Waals surface area contributed by atoms with Crippen LogP contribution in [-0.4, -0.2) is 35.0 Å². The number of carbonyl (C=O) groups excluding carboxylic acids is 1. The Bertz CT molecular complexity index is 477. The van der Waals surface area contributed by atoms with E-state index in [0.29, 0.717) is 24.5 Å². The number of hydrogen-bond donors (Lipinski definition) is 1. The highest BCUT2D eigenvalue weighted by molar-refractivity contribution is 5.93. The van der Waals surface area contributed by atoms with Gasteiger partial charge < -0.3 is 14.4 Å². The molecule has 98 valence electrons. The molecule has 1 aromatic rings. The van der Waals surface area contributed by atoms with Gasteiger partial charge in [0, 0.05) is 18.7 Å². The van der Waals surface area contributed by atoms with Crippen LogP contribution in [0.1, 0.15) is 34.7 Å². The van der Waals surface area contributed by atoms with Gasteiger partial charge in [-0.3, -0.25) is 9.59 Å². The van der Waals surface area contributed by atoms with Crippen LogP contribution in [-0.2, 0) is 4.79 Å². The van der Waals surface area contributed by atoms with Crippen LogP contribution in [0.15, 0.2) is 10.5 Å². The Balaban J connectivity index is 2.14. The highest BCUT2D eigenvalue weighted by Gasteiger charge is 2.30. The van der Waals surface area contributed by atoms with Gasteiger partial charge in [-0.2, -0.15) is 0 Å². The van der Waals surface area contributed by atoms with Gasteiger partial charge in [0.2, 0.25) is 0 Å². The first-order valence-electron chi connectivity index (χ1n) is 6.08. The smallest absolute Gasteiger partial charge is 0.308 e. The zero-order chi connectivity index (χ0) is 13.3. The van der Waals surface area contributed by atoms with E-state index in [1.54, 1.807) is 11.8 Å². The lowest BCUT2D eigenvalue weighted by Crippen LogP contribution is -2.42. The van der Waals surface area contributed by atoms with E-state index in [1.165, 1.54) is 0 Å². The monoisotopic (exact) mass is 251 g/mol. The molecule has 0 aromatic carbocycles. The number of hydrogen-bond acceptors (Lipinski definition) is 3. The predicted molar refractivity (Wildman–Crippen MR) is 64.4 cm³/mol. The second kappa shape index (κ2) is 4.84. The molecule has 1 atom stereocenters. The number of amides is 1. The van der Waals surface area contributed by atoms with E-state index in [2.05, 4.69) is 0 Å². The van der Waals surface area contributed by atoms with Gasteiger partial charge in [0.15, 0.2) is 5.76 Å². The van der Waals surface area contributed by atoms with E-state index in [0.717, 1.165) is 12.0 Å². The van der Waals surface area contributed by atoms with Crippen LogP contribution in [0.5, 0.6) is 0 Å². The maximum atomic E-state index is 12.2. The zero-order valence-electron chi connectivity index (χ0n) is 10.6. The molecule has 1 saturated heterocycles. The van der Waals surface area contributed by atoms with Gasteiger partial charge >= 0.3 is 5.97 Å². The number of piperidine rings is 1. The van der Waals surface area contributed by atoms with Crippen LogP contribution in [0.2, 0.25) is 0 Å². The maximum absolute atomic E-state index is 12.2. The molecular weight excluding hydrogens is 234 g/mol. The average molecular weight is 251 g/mol. The Morgan fingerprint density at radius 2 is 2.17 bits per heavy atom. The number of aryl methyl sites for hydroxylation is 2. The molecular formula is C13H17NO4. The van der Waals surface area contributed by atoms with E-state index in [9.17, 15) is 9.59 Å². The number of carboxylic acid groups (broad SMARTS) is 1. The topological polar surface area (TPSA) is 70.8 Å². The number of carboxylic acids is 1. The summed E-state index contributed by atoms with van der Waals surface area (Å²) in [6, 6.07) is 1.81. The van der Waals surface area contributed by atoms with Crippen molar-refractivity contribution in [2.75, 3.05) is 13.1 Å². The number of carbonyl (C=O) groups is 2. The minimum atomic E-state index is -0.833. The molecule has 18 heavy (non-hydrogen) atoms. The Morgan fingerprint density at radius 1 is 1.44 bits per heavy atom. The van der Waals surface area contributed by atoms with Crippen molar-refractivity contribution < 1.29 is 19.1 Å². The first-order chi connectivity index (χ1) is 8.49. The summed E-state index contributed by atoms with van der Waals surface area (Å²) in [7, 11) is 0. The molecule has 0 radical (unpaired) electrons.